The predicted molar refractivity (Wildman–Crippen MR) is 77.6 cm³/mol. The van der Waals surface area contributed by atoms with Crippen molar-refractivity contribution in [3.63, 3.8) is 0 Å². The van der Waals surface area contributed by atoms with E-state index in [1.54, 1.807) is 25.1 Å². The SMILES string of the molecule is CC(NCc1cccc(C(=O)O)c1)C(=O)NC(C)(C)C. The molecule has 0 aliphatic heterocycles. The van der Waals surface area contributed by atoms with Gasteiger partial charge < -0.3 is 15.7 Å². The minimum absolute atomic E-state index is 0.0770. The van der Waals surface area contributed by atoms with Gasteiger partial charge in [-0.3, -0.25) is 4.79 Å². The van der Waals surface area contributed by atoms with Gasteiger partial charge in [-0.1, -0.05) is 12.1 Å². The van der Waals surface area contributed by atoms with Gasteiger partial charge in [0.1, 0.15) is 0 Å². The van der Waals surface area contributed by atoms with E-state index >= 15 is 0 Å². The summed E-state index contributed by atoms with van der Waals surface area (Å²) < 4.78 is 0. The fourth-order valence-corrected chi connectivity index (χ4v) is 1.66. The Balaban J connectivity index is 2.56. The van der Waals surface area contributed by atoms with E-state index < -0.39 is 5.97 Å². The highest BCUT2D eigenvalue weighted by Crippen LogP contribution is 2.06. The zero-order chi connectivity index (χ0) is 15.3. The van der Waals surface area contributed by atoms with Crippen molar-refractivity contribution in [1.82, 2.24) is 10.6 Å². The molecule has 1 atom stereocenters. The number of nitrogens with one attached hydrogen (secondary N) is 2. The maximum Gasteiger partial charge on any atom is 0.335 e. The lowest BCUT2D eigenvalue weighted by molar-refractivity contribution is -0.124. The van der Waals surface area contributed by atoms with Crippen molar-refractivity contribution in [2.24, 2.45) is 0 Å². The Morgan fingerprint density at radius 1 is 1.30 bits per heavy atom. The number of hydrogen-bond acceptors (Lipinski definition) is 3. The fraction of sp³-hybridized carbons (Fsp3) is 0.467. The first-order valence-corrected chi connectivity index (χ1v) is 6.57. The highest BCUT2D eigenvalue weighted by Gasteiger charge is 2.18. The van der Waals surface area contributed by atoms with Gasteiger partial charge in [0.15, 0.2) is 0 Å². The van der Waals surface area contributed by atoms with E-state index in [4.69, 9.17) is 5.11 Å². The second kappa shape index (κ2) is 6.52. The molecule has 5 heteroatoms. The van der Waals surface area contributed by atoms with Gasteiger partial charge in [-0.05, 0) is 45.4 Å². The van der Waals surface area contributed by atoms with Crippen molar-refractivity contribution in [2.75, 3.05) is 0 Å². The molecule has 5 nitrogen and oxygen atoms in total. The van der Waals surface area contributed by atoms with Crippen LogP contribution in [0.1, 0.15) is 43.6 Å². The van der Waals surface area contributed by atoms with Crippen LogP contribution in [0.3, 0.4) is 0 Å². The van der Waals surface area contributed by atoms with Crippen molar-refractivity contribution in [2.45, 2.75) is 45.8 Å². The van der Waals surface area contributed by atoms with Crippen LogP contribution in [0.4, 0.5) is 0 Å². The van der Waals surface area contributed by atoms with Gasteiger partial charge in [-0.15, -0.1) is 0 Å². The molecule has 0 saturated heterocycles. The molecule has 20 heavy (non-hydrogen) atoms. The Kier molecular flexibility index (Phi) is 5.27. The predicted octanol–water partition coefficient (Wildman–Crippen LogP) is 1.78. The standard InChI is InChI=1S/C15H22N2O3/c1-10(13(18)17-15(2,3)4)16-9-11-6-5-7-12(8-11)14(19)20/h5-8,10,16H,9H2,1-4H3,(H,17,18)(H,19,20). The first-order valence-electron chi connectivity index (χ1n) is 6.57. The largest absolute Gasteiger partial charge is 0.478 e. The number of carboxylic acid groups (broad SMARTS) is 1. The molecule has 0 radical (unpaired) electrons. The summed E-state index contributed by atoms with van der Waals surface area (Å²) >= 11 is 0. The van der Waals surface area contributed by atoms with E-state index in [0.717, 1.165) is 5.56 Å². The Labute approximate surface area is 119 Å². The second-order valence-corrected chi connectivity index (χ2v) is 5.85. The lowest BCUT2D eigenvalue weighted by atomic mass is 10.1. The number of carbonyl (C=O) groups is 2. The minimum Gasteiger partial charge on any atom is -0.478 e. The van der Waals surface area contributed by atoms with Crippen molar-refractivity contribution >= 4 is 11.9 Å². The van der Waals surface area contributed by atoms with E-state index in [1.165, 1.54) is 0 Å². The van der Waals surface area contributed by atoms with Crippen LogP contribution in [0.15, 0.2) is 24.3 Å². The summed E-state index contributed by atoms with van der Waals surface area (Å²) in [6, 6.07) is 6.32. The third-order valence-corrected chi connectivity index (χ3v) is 2.68. The van der Waals surface area contributed by atoms with E-state index in [2.05, 4.69) is 10.6 Å². The third kappa shape index (κ3) is 5.40. The molecule has 0 bridgehead atoms. The monoisotopic (exact) mass is 278 g/mol. The molecule has 0 heterocycles. The van der Waals surface area contributed by atoms with Gasteiger partial charge >= 0.3 is 5.97 Å². The van der Waals surface area contributed by atoms with Crippen molar-refractivity contribution < 1.29 is 14.7 Å². The minimum atomic E-state index is -0.953. The Morgan fingerprint density at radius 3 is 2.50 bits per heavy atom. The van der Waals surface area contributed by atoms with Gasteiger partial charge in [0, 0.05) is 12.1 Å². The van der Waals surface area contributed by atoms with Crippen molar-refractivity contribution in [3.8, 4) is 0 Å². The number of rotatable bonds is 5. The molecule has 0 spiro atoms. The van der Waals surface area contributed by atoms with Gasteiger partial charge in [-0.25, -0.2) is 4.79 Å². The molecule has 1 amide bonds. The molecular formula is C15H22N2O3. The van der Waals surface area contributed by atoms with Crippen LogP contribution in [-0.4, -0.2) is 28.6 Å². The second-order valence-electron chi connectivity index (χ2n) is 5.85. The van der Waals surface area contributed by atoms with E-state index in [0.29, 0.717) is 6.54 Å². The van der Waals surface area contributed by atoms with Gasteiger partial charge in [0.2, 0.25) is 5.91 Å². The highest BCUT2D eigenvalue weighted by molar-refractivity contribution is 5.87. The summed E-state index contributed by atoms with van der Waals surface area (Å²) in [7, 11) is 0. The van der Waals surface area contributed by atoms with Crippen LogP contribution in [0, 0.1) is 0 Å². The van der Waals surface area contributed by atoms with Crippen molar-refractivity contribution in [3.05, 3.63) is 35.4 Å². The van der Waals surface area contributed by atoms with E-state index in [9.17, 15) is 9.59 Å². The number of hydrogen-bond donors (Lipinski definition) is 3. The van der Waals surface area contributed by atoms with Gasteiger partial charge in [0.05, 0.1) is 11.6 Å². The van der Waals surface area contributed by atoms with E-state index in [-0.39, 0.29) is 23.1 Å². The van der Waals surface area contributed by atoms with Crippen LogP contribution in [0.5, 0.6) is 0 Å². The van der Waals surface area contributed by atoms with Crippen LogP contribution < -0.4 is 10.6 Å². The summed E-state index contributed by atoms with van der Waals surface area (Å²) in [4.78, 5) is 22.8. The molecule has 0 aromatic heterocycles. The van der Waals surface area contributed by atoms with Gasteiger partial charge in [-0.2, -0.15) is 0 Å². The number of amides is 1. The number of carboxylic acids is 1. The molecule has 0 aliphatic rings. The average molecular weight is 278 g/mol. The molecular weight excluding hydrogens is 256 g/mol. The summed E-state index contributed by atoms with van der Waals surface area (Å²) in [6.07, 6.45) is 0. The molecule has 1 rings (SSSR count). The van der Waals surface area contributed by atoms with Crippen LogP contribution in [-0.2, 0) is 11.3 Å². The molecule has 0 fully saturated rings. The lowest BCUT2D eigenvalue weighted by Gasteiger charge is -2.23. The van der Waals surface area contributed by atoms with Crippen LogP contribution in [0.25, 0.3) is 0 Å². The maximum absolute atomic E-state index is 11.9. The molecule has 110 valence electrons. The normalized spacial score (nSPS) is 12.8. The molecule has 0 saturated carbocycles. The number of benzene rings is 1. The molecule has 0 aliphatic carbocycles. The lowest BCUT2D eigenvalue weighted by Crippen LogP contribution is -2.49. The molecule has 3 N–H and O–H groups in total. The highest BCUT2D eigenvalue weighted by atomic mass is 16.4. The van der Waals surface area contributed by atoms with E-state index in [1.807, 2.05) is 26.8 Å². The summed E-state index contributed by atoms with van der Waals surface area (Å²) in [5.74, 6) is -1.03. The Morgan fingerprint density at radius 2 is 1.95 bits per heavy atom. The summed E-state index contributed by atoms with van der Waals surface area (Å²) in [5, 5.41) is 14.9. The van der Waals surface area contributed by atoms with Gasteiger partial charge in [0.25, 0.3) is 0 Å². The zero-order valence-electron chi connectivity index (χ0n) is 12.4. The van der Waals surface area contributed by atoms with Crippen LogP contribution >= 0.6 is 0 Å². The zero-order valence-corrected chi connectivity index (χ0v) is 12.4. The Bertz CT molecular complexity index is 492. The quantitative estimate of drug-likeness (QED) is 0.767. The molecule has 1 aromatic rings. The average Bonchev–Trinajstić information content (AvgIpc) is 2.34. The molecule has 1 aromatic carbocycles. The fourth-order valence-electron chi connectivity index (χ4n) is 1.66. The maximum atomic E-state index is 11.9. The first-order chi connectivity index (χ1) is 9.19. The third-order valence-electron chi connectivity index (χ3n) is 2.68. The summed E-state index contributed by atoms with van der Waals surface area (Å²) in [5.41, 5.74) is 0.812. The first kappa shape index (κ1) is 16.2. The number of aromatic carboxylic acids is 1. The van der Waals surface area contributed by atoms with Crippen molar-refractivity contribution in [1.29, 1.82) is 0 Å². The summed E-state index contributed by atoms with van der Waals surface area (Å²) in [6.45, 7) is 8.00. The number of carbonyl (C=O) groups excluding carboxylic acids is 1. The smallest absolute Gasteiger partial charge is 0.335 e. The molecule has 1 unspecified atom stereocenters. The van der Waals surface area contributed by atoms with Crippen LogP contribution in [0.2, 0.25) is 0 Å². The Hall–Kier alpha value is -1.88. The topological polar surface area (TPSA) is 78.4 Å².